The van der Waals surface area contributed by atoms with E-state index in [4.69, 9.17) is 5.73 Å². The van der Waals surface area contributed by atoms with Crippen molar-refractivity contribution in [2.45, 2.75) is 31.8 Å². The summed E-state index contributed by atoms with van der Waals surface area (Å²) in [5.74, 6) is -0.556. The molecule has 4 N–H and O–H groups in total. The lowest BCUT2D eigenvalue weighted by molar-refractivity contribution is 0.0911. The summed E-state index contributed by atoms with van der Waals surface area (Å²) in [5, 5.41) is 6.28. The molecule has 1 aliphatic carbocycles. The molecule has 1 fully saturated rings. The summed E-state index contributed by atoms with van der Waals surface area (Å²) >= 11 is 1.41. The van der Waals surface area contributed by atoms with Crippen LogP contribution in [0.15, 0.2) is 36.4 Å². The SMILES string of the molecule is Nc1nc2ccc(CNC(=O)c3cccc(C(=O)NC4CCC4)n3)cc2s1. The van der Waals surface area contributed by atoms with E-state index in [1.807, 2.05) is 18.2 Å². The monoisotopic (exact) mass is 381 g/mol. The summed E-state index contributed by atoms with van der Waals surface area (Å²) in [5.41, 5.74) is 7.99. The molecule has 8 heteroatoms. The molecule has 27 heavy (non-hydrogen) atoms. The van der Waals surface area contributed by atoms with Crippen molar-refractivity contribution < 1.29 is 9.59 Å². The van der Waals surface area contributed by atoms with Crippen molar-refractivity contribution in [2.75, 3.05) is 5.73 Å². The van der Waals surface area contributed by atoms with Crippen LogP contribution in [0.3, 0.4) is 0 Å². The van der Waals surface area contributed by atoms with Gasteiger partial charge in [-0.2, -0.15) is 0 Å². The zero-order valence-electron chi connectivity index (χ0n) is 14.6. The van der Waals surface area contributed by atoms with E-state index in [0.717, 1.165) is 35.0 Å². The van der Waals surface area contributed by atoms with Crippen molar-refractivity contribution in [1.29, 1.82) is 0 Å². The molecule has 2 amide bonds. The van der Waals surface area contributed by atoms with Crippen LogP contribution in [0, 0.1) is 0 Å². The quantitative estimate of drug-likeness (QED) is 0.629. The number of nitrogens with zero attached hydrogens (tertiary/aromatic N) is 2. The summed E-state index contributed by atoms with van der Waals surface area (Å²) in [4.78, 5) is 33.0. The Morgan fingerprint density at radius 3 is 2.63 bits per heavy atom. The lowest BCUT2D eigenvalue weighted by Gasteiger charge is -2.26. The van der Waals surface area contributed by atoms with Crippen LogP contribution in [-0.2, 0) is 6.54 Å². The molecule has 0 bridgehead atoms. The number of amides is 2. The Morgan fingerprint density at radius 2 is 1.89 bits per heavy atom. The summed E-state index contributed by atoms with van der Waals surface area (Å²) in [6.07, 6.45) is 3.14. The van der Waals surface area contributed by atoms with Gasteiger partial charge in [-0.1, -0.05) is 23.5 Å². The van der Waals surface area contributed by atoms with Crippen LogP contribution in [0.25, 0.3) is 10.2 Å². The van der Waals surface area contributed by atoms with Gasteiger partial charge in [-0.05, 0) is 49.1 Å². The fourth-order valence-electron chi connectivity index (χ4n) is 2.87. The number of fused-ring (bicyclic) bond motifs is 1. The Bertz CT molecular complexity index is 1010. The molecule has 4 rings (SSSR count). The van der Waals surface area contributed by atoms with E-state index in [1.54, 1.807) is 18.2 Å². The predicted octanol–water partition coefficient (Wildman–Crippen LogP) is 2.49. The zero-order chi connectivity index (χ0) is 18.8. The van der Waals surface area contributed by atoms with Gasteiger partial charge in [0.2, 0.25) is 0 Å². The van der Waals surface area contributed by atoms with Crippen molar-refractivity contribution in [1.82, 2.24) is 20.6 Å². The molecule has 138 valence electrons. The summed E-state index contributed by atoms with van der Waals surface area (Å²) < 4.78 is 0.979. The molecule has 0 spiro atoms. The Morgan fingerprint density at radius 1 is 1.11 bits per heavy atom. The van der Waals surface area contributed by atoms with E-state index in [9.17, 15) is 9.59 Å². The number of nitrogen functional groups attached to an aromatic ring is 1. The molecular formula is C19H19N5O2S. The van der Waals surface area contributed by atoms with Crippen LogP contribution in [0.1, 0.15) is 45.8 Å². The third kappa shape index (κ3) is 3.90. The first kappa shape index (κ1) is 17.4. The zero-order valence-corrected chi connectivity index (χ0v) is 15.4. The normalized spacial score (nSPS) is 13.9. The number of anilines is 1. The molecule has 7 nitrogen and oxygen atoms in total. The van der Waals surface area contributed by atoms with Crippen molar-refractivity contribution >= 4 is 38.5 Å². The van der Waals surface area contributed by atoms with Gasteiger partial charge in [-0.25, -0.2) is 9.97 Å². The second-order valence-electron chi connectivity index (χ2n) is 6.55. The largest absolute Gasteiger partial charge is 0.375 e. The molecule has 0 atom stereocenters. The first-order valence-corrected chi connectivity index (χ1v) is 9.61. The number of carbonyl (C=O) groups is 2. The van der Waals surface area contributed by atoms with Gasteiger partial charge >= 0.3 is 0 Å². The summed E-state index contributed by atoms with van der Waals surface area (Å²) in [7, 11) is 0. The molecule has 2 heterocycles. The fraction of sp³-hybridized carbons (Fsp3) is 0.263. The number of hydrogen-bond donors (Lipinski definition) is 3. The minimum atomic E-state index is -0.322. The third-order valence-corrected chi connectivity index (χ3v) is 5.42. The van der Waals surface area contributed by atoms with E-state index in [1.165, 1.54) is 11.3 Å². The molecule has 1 aromatic carbocycles. The number of benzene rings is 1. The van der Waals surface area contributed by atoms with Crippen LogP contribution >= 0.6 is 11.3 Å². The maximum atomic E-state index is 12.4. The van der Waals surface area contributed by atoms with Crippen LogP contribution in [0.2, 0.25) is 0 Å². The Kier molecular flexibility index (Phi) is 4.72. The molecule has 3 aromatic rings. The molecule has 1 aliphatic rings. The molecule has 0 unspecified atom stereocenters. The lowest BCUT2D eigenvalue weighted by atomic mass is 9.93. The standard InChI is InChI=1S/C19H19N5O2S/c20-19-24-13-8-7-11(9-16(13)27-19)10-21-17(25)14-5-2-6-15(23-14)18(26)22-12-3-1-4-12/h2,5-9,12H,1,3-4,10H2,(H2,20,24)(H,21,25)(H,22,26). The summed E-state index contributed by atoms with van der Waals surface area (Å²) in [6.45, 7) is 0.354. The second-order valence-corrected chi connectivity index (χ2v) is 7.61. The first-order valence-electron chi connectivity index (χ1n) is 8.79. The number of hydrogen-bond acceptors (Lipinski definition) is 6. The van der Waals surface area contributed by atoms with E-state index in [2.05, 4.69) is 20.6 Å². The predicted molar refractivity (Wildman–Crippen MR) is 105 cm³/mol. The molecule has 1 saturated carbocycles. The average molecular weight is 381 g/mol. The fourth-order valence-corrected chi connectivity index (χ4v) is 3.67. The molecule has 0 radical (unpaired) electrons. The highest BCUT2D eigenvalue weighted by Gasteiger charge is 2.21. The topological polar surface area (TPSA) is 110 Å². The Labute approximate surface area is 160 Å². The van der Waals surface area contributed by atoms with Gasteiger partial charge in [-0.15, -0.1) is 0 Å². The van der Waals surface area contributed by atoms with Crippen LogP contribution in [0.4, 0.5) is 5.13 Å². The van der Waals surface area contributed by atoms with Crippen molar-refractivity contribution in [2.24, 2.45) is 0 Å². The highest BCUT2D eigenvalue weighted by atomic mass is 32.1. The van der Waals surface area contributed by atoms with Crippen LogP contribution in [0.5, 0.6) is 0 Å². The van der Waals surface area contributed by atoms with E-state index >= 15 is 0 Å². The number of nitrogens with two attached hydrogens (primary N) is 1. The average Bonchev–Trinajstić information content (AvgIpc) is 3.01. The van der Waals surface area contributed by atoms with E-state index < -0.39 is 0 Å². The van der Waals surface area contributed by atoms with Gasteiger partial charge in [-0.3, -0.25) is 9.59 Å². The maximum Gasteiger partial charge on any atom is 0.270 e. The number of thiazole rings is 1. The molecule has 0 aliphatic heterocycles. The Hall–Kier alpha value is -3.00. The van der Waals surface area contributed by atoms with Crippen LogP contribution < -0.4 is 16.4 Å². The Balaban J connectivity index is 1.41. The number of pyridine rings is 1. The maximum absolute atomic E-state index is 12.4. The van der Waals surface area contributed by atoms with Gasteiger partial charge in [0.15, 0.2) is 5.13 Å². The van der Waals surface area contributed by atoms with Crippen molar-refractivity contribution in [3.8, 4) is 0 Å². The van der Waals surface area contributed by atoms with E-state index in [0.29, 0.717) is 11.7 Å². The number of carbonyl (C=O) groups excluding carboxylic acids is 2. The van der Waals surface area contributed by atoms with Crippen molar-refractivity contribution in [3.05, 3.63) is 53.3 Å². The minimum absolute atomic E-state index is 0.222. The van der Waals surface area contributed by atoms with Gasteiger partial charge in [0.05, 0.1) is 10.2 Å². The van der Waals surface area contributed by atoms with Gasteiger partial charge in [0, 0.05) is 12.6 Å². The molecule has 0 saturated heterocycles. The lowest BCUT2D eigenvalue weighted by Crippen LogP contribution is -2.40. The van der Waals surface area contributed by atoms with E-state index in [-0.39, 0.29) is 29.2 Å². The number of nitrogens with one attached hydrogen (secondary N) is 2. The third-order valence-electron chi connectivity index (χ3n) is 4.58. The smallest absolute Gasteiger partial charge is 0.270 e. The highest BCUT2D eigenvalue weighted by Crippen LogP contribution is 2.24. The van der Waals surface area contributed by atoms with Gasteiger partial charge in [0.1, 0.15) is 11.4 Å². The van der Waals surface area contributed by atoms with Gasteiger partial charge < -0.3 is 16.4 Å². The molecular weight excluding hydrogens is 362 g/mol. The number of rotatable bonds is 5. The minimum Gasteiger partial charge on any atom is -0.375 e. The second kappa shape index (κ2) is 7.32. The number of aromatic nitrogens is 2. The molecule has 2 aromatic heterocycles. The first-order chi connectivity index (χ1) is 13.1. The van der Waals surface area contributed by atoms with Gasteiger partial charge in [0.25, 0.3) is 11.8 Å². The highest BCUT2D eigenvalue weighted by molar-refractivity contribution is 7.22. The van der Waals surface area contributed by atoms with Crippen molar-refractivity contribution in [3.63, 3.8) is 0 Å². The van der Waals surface area contributed by atoms with Crippen LogP contribution in [-0.4, -0.2) is 27.8 Å². The summed E-state index contributed by atoms with van der Waals surface area (Å²) in [6, 6.07) is 10.9.